The zero-order valence-electron chi connectivity index (χ0n) is 14.4. The van der Waals surface area contributed by atoms with Crippen molar-refractivity contribution >= 4 is 44.6 Å². The molecule has 0 aliphatic carbocycles. The van der Waals surface area contributed by atoms with Gasteiger partial charge in [0.05, 0.1) is 18.5 Å². The first-order chi connectivity index (χ1) is 13.2. The van der Waals surface area contributed by atoms with Crippen LogP contribution in [0, 0.1) is 0 Å². The van der Waals surface area contributed by atoms with Gasteiger partial charge in [0.25, 0.3) is 5.91 Å². The van der Waals surface area contributed by atoms with E-state index in [1.54, 1.807) is 25.6 Å². The summed E-state index contributed by atoms with van der Waals surface area (Å²) in [7, 11) is 1.62. The van der Waals surface area contributed by atoms with Gasteiger partial charge in [0.1, 0.15) is 5.75 Å². The van der Waals surface area contributed by atoms with Gasteiger partial charge < -0.3 is 4.74 Å². The van der Waals surface area contributed by atoms with Crippen molar-refractivity contribution in [3.8, 4) is 17.0 Å². The van der Waals surface area contributed by atoms with Gasteiger partial charge in [0.15, 0.2) is 6.04 Å². The molecule has 1 aliphatic heterocycles. The van der Waals surface area contributed by atoms with Crippen LogP contribution in [0.25, 0.3) is 11.3 Å². The van der Waals surface area contributed by atoms with E-state index in [0.29, 0.717) is 16.0 Å². The van der Waals surface area contributed by atoms with Crippen molar-refractivity contribution < 1.29 is 9.53 Å². The van der Waals surface area contributed by atoms with Gasteiger partial charge >= 0.3 is 0 Å². The van der Waals surface area contributed by atoms with Crippen molar-refractivity contribution in [2.75, 3.05) is 12.1 Å². The molecule has 0 fully saturated rings. The third-order valence-corrected chi connectivity index (χ3v) is 5.31. The van der Waals surface area contributed by atoms with E-state index in [-0.39, 0.29) is 5.91 Å². The highest BCUT2D eigenvalue weighted by atomic mass is 32.1. The van der Waals surface area contributed by atoms with Gasteiger partial charge in [-0.2, -0.15) is 15.2 Å². The van der Waals surface area contributed by atoms with Gasteiger partial charge in [-0.3, -0.25) is 4.79 Å². The van der Waals surface area contributed by atoms with Crippen LogP contribution in [0.5, 0.6) is 5.75 Å². The lowest BCUT2D eigenvalue weighted by Crippen LogP contribution is -2.29. The Labute approximate surface area is 162 Å². The van der Waals surface area contributed by atoms with E-state index < -0.39 is 6.04 Å². The molecular formula is C17H14N6O2S2. The fourth-order valence-electron chi connectivity index (χ4n) is 2.45. The number of ether oxygens (including phenoxy) is 1. The van der Waals surface area contributed by atoms with E-state index in [0.717, 1.165) is 17.0 Å². The van der Waals surface area contributed by atoms with Crippen molar-refractivity contribution in [1.29, 1.82) is 0 Å². The van der Waals surface area contributed by atoms with Crippen LogP contribution in [0.2, 0.25) is 0 Å². The molecule has 27 heavy (non-hydrogen) atoms. The topological polar surface area (TPSA) is 92.4 Å². The van der Waals surface area contributed by atoms with Crippen molar-refractivity contribution in [3.05, 3.63) is 41.2 Å². The highest BCUT2D eigenvalue weighted by molar-refractivity contribution is 7.14. The van der Waals surface area contributed by atoms with Crippen LogP contribution in [0.15, 0.2) is 56.6 Å². The first-order valence-electron chi connectivity index (χ1n) is 7.95. The lowest BCUT2D eigenvalue weighted by Gasteiger charge is -2.07. The van der Waals surface area contributed by atoms with E-state index in [9.17, 15) is 4.79 Å². The van der Waals surface area contributed by atoms with Crippen LogP contribution in [0.1, 0.15) is 6.92 Å². The first kappa shape index (κ1) is 17.4. The number of carbonyl (C=O) groups is 1. The minimum Gasteiger partial charge on any atom is -0.497 e. The van der Waals surface area contributed by atoms with E-state index >= 15 is 0 Å². The lowest BCUT2D eigenvalue weighted by molar-refractivity contribution is -0.117. The van der Waals surface area contributed by atoms with Crippen molar-refractivity contribution in [1.82, 2.24) is 9.97 Å². The van der Waals surface area contributed by atoms with Crippen LogP contribution in [-0.4, -0.2) is 34.7 Å². The molecule has 1 aliphatic rings. The summed E-state index contributed by atoms with van der Waals surface area (Å²) in [6.07, 6.45) is 1.64. The Balaban J connectivity index is 1.54. The molecule has 3 heterocycles. The second-order valence-electron chi connectivity index (χ2n) is 5.57. The average Bonchev–Trinajstić information content (AvgIpc) is 3.42. The second kappa shape index (κ2) is 7.33. The monoisotopic (exact) mass is 398 g/mol. The fraction of sp³-hybridized carbons (Fsp3) is 0.176. The fourth-order valence-corrected chi connectivity index (χ4v) is 3.70. The maximum Gasteiger partial charge on any atom is 0.282 e. The van der Waals surface area contributed by atoms with Gasteiger partial charge in [-0.1, -0.05) is 0 Å². The molecule has 1 amide bonds. The molecule has 0 spiro atoms. The number of aromatic nitrogens is 2. The molecular weight excluding hydrogens is 384 g/mol. The summed E-state index contributed by atoms with van der Waals surface area (Å²) in [5.74, 6) is 0.501. The number of thiazole rings is 2. The Bertz CT molecular complexity index is 1010. The Morgan fingerprint density at radius 3 is 2.74 bits per heavy atom. The van der Waals surface area contributed by atoms with Gasteiger partial charge in [0, 0.05) is 22.5 Å². The SMILES string of the molecule is COc1ccc(-c2csc(N3N=C(C)C(N=Nc4nccs4)C3=O)n2)cc1. The number of rotatable bonds is 5. The number of nitrogens with zero attached hydrogens (tertiary/aromatic N) is 6. The Hall–Kier alpha value is -2.98. The average molecular weight is 398 g/mol. The highest BCUT2D eigenvalue weighted by Gasteiger charge is 2.36. The van der Waals surface area contributed by atoms with Crippen molar-refractivity contribution in [2.45, 2.75) is 13.0 Å². The molecule has 4 rings (SSSR count). The molecule has 1 unspecified atom stereocenters. The van der Waals surface area contributed by atoms with Gasteiger partial charge in [0.2, 0.25) is 10.3 Å². The number of benzene rings is 1. The van der Waals surface area contributed by atoms with E-state index in [1.165, 1.54) is 27.7 Å². The summed E-state index contributed by atoms with van der Waals surface area (Å²) < 4.78 is 5.17. The number of amides is 1. The predicted octanol–water partition coefficient (Wildman–Crippen LogP) is 4.15. The zero-order chi connectivity index (χ0) is 18.8. The number of hydrogen-bond donors (Lipinski definition) is 0. The standard InChI is InChI=1S/C17H14N6O2S2/c1-10-14(20-21-16-18-7-8-26-16)15(24)23(22-10)17-19-13(9-27-17)11-3-5-12(25-2)6-4-11/h3-9,14H,1-2H3. The van der Waals surface area contributed by atoms with Crippen LogP contribution < -0.4 is 9.75 Å². The lowest BCUT2D eigenvalue weighted by atomic mass is 10.2. The molecule has 2 aromatic heterocycles. The number of carbonyl (C=O) groups excluding carboxylic acids is 1. The van der Waals surface area contributed by atoms with E-state index in [1.807, 2.05) is 29.6 Å². The van der Waals surface area contributed by atoms with E-state index in [2.05, 4.69) is 25.3 Å². The summed E-state index contributed by atoms with van der Waals surface area (Å²) in [6, 6.07) is 6.83. The molecule has 0 radical (unpaired) electrons. The summed E-state index contributed by atoms with van der Waals surface area (Å²) in [5.41, 5.74) is 2.28. The van der Waals surface area contributed by atoms with Gasteiger partial charge in [-0.05, 0) is 31.2 Å². The highest BCUT2D eigenvalue weighted by Crippen LogP contribution is 2.31. The number of azo groups is 1. The second-order valence-corrected chi connectivity index (χ2v) is 7.28. The maximum atomic E-state index is 12.7. The number of anilines is 1. The quantitative estimate of drug-likeness (QED) is 0.604. The predicted molar refractivity (Wildman–Crippen MR) is 105 cm³/mol. The normalized spacial score (nSPS) is 17.0. The number of hydrogen-bond acceptors (Lipinski definition) is 9. The number of methoxy groups -OCH3 is 1. The van der Waals surface area contributed by atoms with Crippen LogP contribution >= 0.6 is 22.7 Å². The first-order valence-corrected chi connectivity index (χ1v) is 9.71. The molecule has 0 saturated carbocycles. The van der Waals surface area contributed by atoms with Crippen LogP contribution in [0.3, 0.4) is 0 Å². The summed E-state index contributed by atoms with van der Waals surface area (Å²) >= 11 is 2.70. The third-order valence-electron chi connectivity index (χ3n) is 3.83. The molecule has 0 saturated heterocycles. The van der Waals surface area contributed by atoms with E-state index in [4.69, 9.17) is 4.74 Å². The zero-order valence-corrected chi connectivity index (χ0v) is 16.1. The molecule has 0 bridgehead atoms. The molecule has 10 heteroatoms. The minimum atomic E-state index is -0.748. The Morgan fingerprint density at radius 1 is 1.22 bits per heavy atom. The van der Waals surface area contributed by atoms with Crippen molar-refractivity contribution in [3.63, 3.8) is 0 Å². The molecule has 0 N–H and O–H groups in total. The Morgan fingerprint density at radius 2 is 2.04 bits per heavy atom. The molecule has 3 aromatic rings. The molecule has 1 atom stereocenters. The van der Waals surface area contributed by atoms with Crippen LogP contribution in [-0.2, 0) is 4.79 Å². The smallest absolute Gasteiger partial charge is 0.282 e. The summed E-state index contributed by atoms with van der Waals surface area (Å²) in [5, 5.41) is 18.4. The largest absolute Gasteiger partial charge is 0.497 e. The summed E-state index contributed by atoms with van der Waals surface area (Å²) in [6.45, 7) is 1.75. The minimum absolute atomic E-state index is 0.275. The molecule has 8 nitrogen and oxygen atoms in total. The molecule has 1 aromatic carbocycles. The summed E-state index contributed by atoms with van der Waals surface area (Å²) in [4.78, 5) is 21.3. The number of hydrazone groups is 1. The van der Waals surface area contributed by atoms with Gasteiger partial charge in [-0.15, -0.1) is 27.8 Å². The van der Waals surface area contributed by atoms with Gasteiger partial charge in [-0.25, -0.2) is 9.97 Å². The van der Waals surface area contributed by atoms with Crippen LogP contribution in [0.4, 0.5) is 10.3 Å². The van der Waals surface area contributed by atoms with Crippen molar-refractivity contribution in [2.24, 2.45) is 15.3 Å². The maximum absolute atomic E-state index is 12.7. The Kier molecular flexibility index (Phi) is 4.73. The molecule has 136 valence electrons. The third kappa shape index (κ3) is 3.49.